The summed E-state index contributed by atoms with van der Waals surface area (Å²) < 4.78 is 1.88. The molecule has 0 spiro atoms. The Morgan fingerprint density at radius 2 is 2.26 bits per heavy atom. The number of aromatic nitrogens is 3. The van der Waals surface area contributed by atoms with Crippen molar-refractivity contribution in [3.8, 4) is 0 Å². The van der Waals surface area contributed by atoms with Gasteiger partial charge in [-0.05, 0) is 26.7 Å². The lowest BCUT2D eigenvalue weighted by molar-refractivity contribution is -0.117. The van der Waals surface area contributed by atoms with E-state index >= 15 is 0 Å². The Morgan fingerprint density at radius 1 is 1.53 bits per heavy atom. The fourth-order valence-electron chi connectivity index (χ4n) is 1.43. The van der Waals surface area contributed by atoms with Crippen molar-refractivity contribution in [1.82, 2.24) is 25.4 Å². The van der Waals surface area contributed by atoms with Gasteiger partial charge in [-0.15, -0.1) is 10.2 Å². The van der Waals surface area contributed by atoms with Gasteiger partial charge in [0.2, 0.25) is 5.91 Å². The van der Waals surface area contributed by atoms with E-state index in [1.807, 2.05) is 18.4 Å². The molecule has 0 unspecified atom stereocenters. The average molecular weight is 283 g/mol. The maximum atomic E-state index is 11.6. The van der Waals surface area contributed by atoms with E-state index in [4.69, 9.17) is 0 Å². The first-order valence-corrected chi connectivity index (χ1v) is 7.17. The molecule has 0 aromatic carbocycles. The molecular weight excluding hydrogens is 266 g/mol. The van der Waals surface area contributed by atoms with E-state index in [9.17, 15) is 9.59 Å². The van der Waals surface area contributed by atoms with Gasteiger partial charge in [-0.2, -0.15) is 0 Å². The number of nitrogens with one attached hydrogen (secondary N) is 2. The van der Waals surface area contributed by atoms with Gasteiger partial charge in [0.1, 0.15) is 6.33 Å². The first kappa shape index (κ1) is 13.9. The van der Waals surface area contributed by atoms with Gasteiger partial charge in [0.05, 0.1) is 5.75 Å². The van der Waals surface area contributed by atoms with E-state index in [-0.39, 0.29) is 23.7 Å². The SMILES string of the molecule is CC(C)n1cnnc1SCC(=O)NC(=O)NC1CC1. The minimum Gasteiger partial charge on any atom is -0.335 e. The van der Waals surface area contributed by atoms with Crippen molar-refractivity contribution < 1.29 is 9.59 Å². The molecule has 1 aromatic heterocycles. The average Bonchev–Trinajstić information content (AvgIpc) is 3.01. The molecule has 0 saturated heterocycles. The molecule has 0 atom stereocenters. The number of hydrogen-bond donors (Lipinski definition) is 2. The summed E-state index contributed by atoms with van der Waals surface area (Å²) in [5.41, 5.74) is 0. The normalized spacial score (nSPS) is 14.5. The van der Waals surface area contributed by atoms with Crippen LogP contribution in [0.4, 0.5) is 4.79 Å². The van der Waals surface area contributed by atoms with Crippen molar-refractivity contribution in [2.75, 3.05) is 5.75 Å². The Labute approximate surface area is 115 Å². The fourth-order valence-corrected chi connectivity index (χ4v) is 2.28. The summed E-state index contributed by atoms with van der Waals surface area (Å²) in [5, 5.41) is 13.4. The summed E-state index contributed by atoms with van der Waals surface area (Å²) in [6, 6.07) is 0.0571. The lowest BCUT2D eigenvalue weighted by Crippen LogP contribution is -2.41. The van der Waals surface area contributed by atoms with E-state index in [2.05, 4.69) is 20.8 Å². The van der Waals surface area contributed by atoms with Crippen LogP contribution in [0.5, 0.6) is 0 Å². The second kappa shape index (κ2) is 6.05. The lowest BCUT2D eigenvalue weighted by Gasteiger charge is -2.09. The number of carbonyl (C=O) groups is 2. The molecular formula is C11H17N5O2S. The standard InChI is InChI=1S/C11H17N5O2S/c1-7(2)16-6-12-15-11(16)19-5-9(17)14-10(18)13-8-3-4-8/h6-8H,3-5H2,1-2H3,(H2,13,14,17,18). The topological polar surface area (TPSA) is 88.9 Å². The van der Waals surface area contributed by atoms with Gasteiger partial charge in [-0.25, -0.2) is 4.79 Å². The Balaban J connectivity index is 1.76. The second-order valence-electron chi connectivity index (χ2n) is 4.70. The number of amides is 3. The maximum absolute atomic E-state index is 11.6. The molecule has 8 heteroatoms. The molecule has 1 heterocycles. The molecule has 1 aromatic rings. The van der Waals surface area contributed by atoms with Crippen molar-refractivity contribution >= 4 is 23.7 Å². The molecule has 3 amide bonds. The van der Waals surface area contributed by atoms with Crippen LogP contribution in [0.1, 0.15) is 32.7 Å². The van der Waals surface area contributed by atoms with Gasteiger partial charge in [0.25, 0.3) is 0 Å². The van der Waals surface area contributed by atoms with Crippen LogP contribution < -0.4 is 10.6 Å². The first-order valence-electron chi connectivity index (χ1n) is 6.19. The summed E-state index contributed by atoms with van der Waals surface area (Å²) in [4.78, 5) is 22.9. The molecule has 7 nitrogen and oxygen atoms in total. The lowest BCUT2D eigenvalue weighted by atomic mass is 10.4. The summed E-state index contributed by atoms with van der Waals surface area (Å²) in [7, 11) is 0. The summed E-state index contributed by atoms with van der Waals surface area (Å²) >= 11 is 1.26. The van der Waals surface area contributed by atoms with Gasteiger partial charge in [0.15, 0.2) is 5.16 Å². The molecule has 1 aliphatic rings. The monoisotopic (exact) mass is 283 g/mol. The zero-order chi connectivity index (χ0) is 13.8. The van der Waals surface area contributed by atoms with Crippen LogP contribution in [0.15, 0.2) is 11.5 Å². The number of nitrogens with zero attached hydrogens (tertiary/aromatic N) is 3. The van der Waals surface area contributed by atoms with Crippen molar-refractivity contribution in [1.29, 1.82) is 0 Å². The maximum Gasteiger partial charge on any atom is 0.321 e. The number of thioether (sulfide) groups is 1. The van der Waals surface area contributed by atoms with E-state index < -0.39 is 6.03 Å². The highest BCUT2D eigenvalue weighted by atomic mass is 32.2. The Kier molecular flexibility index (Phi) is 4.41. The molecule has 0 radical (unpaired) electrons. The number of carbonyl (C=O) groups excluding carboxylic acids is 2. The third kappa shape index (κ3) is 4.23. The Bertz CT molecular complexity index is 469. The smallest absolute Gasteiger partial charge is 0.321 e. The summed E-state index contributed by atoms with van der Waals surface area (Å²) in [6.45, 7) is 4.02. The van der Waals surface area contributed by atoms with Crippen molar-refractivity contribution in [3.05, 3.63) is 6.33 Å². The van der Waals surface area contributed by atoms with E-state index in [0.717, 1.165) is 12.8 Å². The molecule has 1 fully saturated rings. The number of urea groups is 1. The Hall–Kier alpha value is -1.57. The van der Waals surface area contributed by atoms with Gasteiger partial charge in [0, 0.05) is 12.1 Å². The van der Waals surface area contributed by atoms with Crippen LogP contribution in [0.3, 0.4) is 0 Å². The minimum atomic E-state index is -0.418. The molecule has 1 saturated carbocycles. The van der Waals surface area contributed by atoms with E-state index in [1.165, 1.54) is 11.8 Å². The second-order valence-corrected chi connectivity index (χ2v) is 5.64. The molecule has 0 bridgehead atoms. The summed E-state index contributed by atoms with van der Waals surface area (Å²) in [5.74, 6) is -0.190. The molecule has 104 valence electrons. The molecule has 1 aliphatic carbocycles. The highest BCUT2D eigenvalue weighted by Gasteiger charge is 2.24. The van der Waals surface area contributed by atoms with Gasteiger partial charge < -0.3 is 9.88 Å². The van der Waals surface area contributed by atoms with Crippen molar-refractivity contribution in [3.63, 3.8) is 0 Å². The largest absolute Gasteiger partial charge is 0.335 e. The zero-order valence-electron chi connectivity index (χ0n) is 10.9. The van der Waals surface area contributed by atoms with E-state index in [0.29, 0.717) is 5.16 Å². The van der Waals surface area contributed by atoms with Gasteiger partial charge in [-0.3, -0.25) is 10.1 Å². The molecule has 2 rings (SSSR count). The van der Waals surface area contributed by atoms with Crippen LogP contribution in [0.25, 0.3) is 0 Å². The highest BCUT2D eigenvalue weighted by Crippen LogP contribution is 2.19. The third-order valence-electron chi connectivity index (χ3n) is 2.59. The minimum absolute atomic E-state index is 0.142. The van der Waals surface area contributed by atoms with Crippen molar-refractivity contribution in [2.45, 2.75) is 43.9 Å². The van der Waals surface area contributed by atoms with Crippen LogP contribution in [0, 0.1) is 0 Å². The fraction of sp³-hybridized carbons (Fsp3) is 0.636. The van der Waals surface area contributed by atoms with Crippen LogP contribution in [-0.2, 0) is 4.79 Å². The quantitative estimate of drug-likeness (QED) is 0.785. The zero-order valence-corrected chi connectivity index (χ0v) is 11.7. The number of rotatable bonds is 5. The Morgan fingerprint density at radius 3 is 2.89 bits per heavy atom. The summed E-state index contributed by atoms with van der Waals surface area (Å²) in [6.07, 6.45) is 3.62. The first-order chi connectivity index (χ1) is 9.06. The predicted octanol–water partition coefficient (Wildman–Crippen LogP) is 0.939. The van der Waals surface area contributed by atoms with E-state index in [1.54, 1.807) is 6.33 Å². The highest BCUT2D eigenvalue weighted by molar-refractivity contribution is 7.99. The third-order valence-corrected chi connectivity index (χ3v) is 3.55. The van der Waals surface area contributed by atoms with Gasteiger partial charge >= 0.3 is 6.03 Å². The van der Waals surface area contributed by atoms with Crippen LogP contribution in [0.2, 0.25) is 0 Å². The van der Waals surface area contributed by atoms with Gasteiger partial charge in [-0.1, -0.05) is 11.8 Å². The molecule has 19 heavy (non-hydrogen) atoms. The van der Waals surface area contributed by atoms with Crippen LogP contribution >= 0.6 is 11.8 Å². The predicted molar refractivity (Wildman–Crippen MR) is 70.8 cm³/mol. The van der Waals surface area contributed by atoms with Crippen LogP contribution in [-0.4, -0.2) is 38.5 Å². The van der Waals surface area contributed by atoms with Crippen molar-refractivity contribution in [2.24, 2.45) is 0 Å². The molecule has 0 aliphatic heterocycles. The number of hydrogen-bond acceptors (Lipinski definition) is 5. The molecule has 2 N–H and O–H groups in total. The number of imide groups is 1.